The maximum Gasteiger partial charge on any atom is 0.306 e. The van der Waals surface area contributed by atoms with E-state index >= 15 is 0 Å². The third-order valence-corrected chi connectivity index (χ3v) is 25.4. The molecular formula is C64H101N3O13S2. The van der Waals surface area contributed by atoms with Gasteiger partial charge in [0.1, 0.15) is 23.9 Å². The molecule has 0 radical (unpaired) electrons. The van der Waals surface area contributed by atoms with E-state index in [2.05, 4.69) is 36.8 Å². The zero-order valence-corrected chi connectivity index (χ0v) is 51.4. The second kappa shape index (κ2) is 26.3. The van der Waals surface area contributed by atoms with E-state index in [4.69, 9.17) is 23.4 Å². The number of allylic oxidation sites excluding steroid dienone is 1. The van der Waals surface area contributed by atoms with Crippen LogP contribution in [0, 0.1) is 52.8 Å². The van der Waals surface area contributed by atoms with Gasteiger partial charge in [-0.2, -0.15) is 0 Å². The quantitative estimate of drug-likeness (QED) is 0.0331. The Bertz CT molecular complexity index is 2490. The van der Waals surface area contributed by atoms with Crippen LogP contribution in [0.5, 0.6) is 11.5 Å². The molecular weight excluding hydrogens is 1080 g/mol. The second-order valence-electron chi connectivity index (χ2n) is 27.2. The Morgan fingerprint density at radius 3 is 2.49 bits per heavy atom. The van der Waals surface area contributed by atoms with Crippen molar-refractivity contribution in [3.05, 3.63) is 36.1 Å². The lowest BCUT2D eigenvalue weighted by molar-refractivity contribution is -0.424. The monoisotopic (exact) mass is 1180 g/mol. The minimum absolute atomic E-state index is 0.00692. The molecule has 8 aliphatic rings. The van der Waals surface area contributed by atoms with E-state index in [1.54, 1.807) is 36.1 Å². The first kappa shape index (κ1) is 62.9. The van der Waals surface area contributed by atoms with Crippen LogP contribution < -0.4 is 25.4 Å². The molecule has 462 valence electrons. The highest BCUT2D eigenvalue weighted by atomic mass is 33.1. The van der Waals surface area contributed by atoms with E-state index in [9.17, 15) is 40.5 Å². The lowest BCUT2D eigenvalue weighted by Crippen LogP contribution is -2.86. The van der Waals surface area contributed by atoms with Crippen molar-refractivity contribution in [2.45, 2.75) is 220 Å². The van der Waals surface area contributed by atoms with Crippen LogP contribution in [0.25, 0.3) is 11.0 Å². The molecule has 1 aromatic carbocycles. The maximum absolute atomic E-state index is 13.9. The van der Waals surface area contributed by atoms with E-state index in [1.165, 1.54) is 19.3 Å². The Kier molecular flexibility index (Phi) is 20.1. The standard InChI is InChI=1S/C64H101N3O13S2/c1-6-8-9-12-41-30-43(37-66-5)34-60(73,33-41)24-21-49-59(23-20-42(32-59)36-65-4)25-26-61(49)50-18-14-40(3)11-10-13-51(70)63(39-81-82-61)62(74)35-46-15-17-48(69)47(38-68)53(46)64(75,57(62)72)58(80-63)79-55-44(16-19-52(71)76-7-2)31-45-22-28-77-54(45)56(55)78-29-27-67-50/h15,17,22,28,31,40-43,46-51,53,57-58,65-70,72-75H,6-14,16,18-21,23-27,29-30,32-39H2,1-5H3/t40-,41-,42+,43+,46+,47-,48+,49-,50+,51-,53+,57+,58-,59+,60+,61+,62+,63-,64-/m1/s1. The molecule has 2 aromatic rings. The van der Waals surface area contributed by atoms with Crippen molar-refractivity contribution < 1.29 is 63.9 Å². The minimum atomic E-state index is -2.50. The Morgan fingerprint density at radius 2 is 1.71 bits per heavy atom. The summed E-state index contributed by atoms with van der Waals surface area (Å²) in [5, 5.41) is 102. The molecule has 5 bridgehead atoms. The van der Waals surface area contributed by atoms with Gasteiger partial charge in [0.2, 0.25) is 12.0 Å². The Balaban J connectivity index is 1.13. The number of aliphatic hydroxyl groups is 7. The number of fused-ring (bicyclic) bond motifs is 11. The van der Waals surface area contributed by atoms with Gasteiger partial charge in [-0.05, 0) is 189 Å². The molecule has 1 aromatic heterocycles. The normalized spacial score (nSPS) is 42.4. The largest absolute Gasteiger partial charge is 0.485 e. The number of hydrogen-bond acceptors (Lipinski definition) is 18. The molecule has 0 unspecified atom stereocenters. The van der Waals surface area contributed by atoms with Crippen molar-refractivity contribution in [3.63, 3.8) is 0 Å². The van der Waals surface area contributed by atoms with Gasteiger partial charge in [0.05, 0.1) is 30.7 Å². The number of unbranched alkanes of at least 4 members (excludes halogenated alkanes) is 2. The van der Waals surface area contributed by atoms with Gasteiger partial charge in [-0.3, -0.25) is 4.79 Å². The molecule has 19 atom stereocenters. The van der Waals surface area contributed by atoms with Crippen LogP contribution in [0.3, 0.4) is 0 Å². The first-order valence-corrected chi connectivity index (χ1v) is 34.3. The van der Waals surface area contributed by atoms with Crippen molar-refractivity contribution >= 4 is 38.5 Å². The van der Waals surface area contributed by atoms with Gasteiger partial charge in [0, 0.05) is 53.3 Å². The highest BCUT2D eigenvalue weighted by Crippen LogP contribution is 2.69. The fourth-order valence-corrected chi connectivity index (χ4v) is 22.5. The van der Waals surface area contributed by atoms with Crippen LogP contribution in [0.2, 0.25) is 0 Å². The number of furan rings is 1. The zero-order valence-electron chi connectivity index (χ0n) is 49.8. The lowest BCUT2D eigenvalue weighted by atomic mass is 9.50. The van der Waals surface area contributed by atoms with Crippen molar-refractivity contribution in [3.8, 4) is 11.5 Å². The molecule has 4 heterocycles. The van der Waals surface area contributed by atoms with E-state index in [0.717, 1.165) is 96.6 Å². The topological polar surface area (TPSA) is 245 Å². The first-order chi connectivity index (χ1) is 39.5. The molecule has 3 spiro atoms. The van der Waals surface area contributed by atoms with E-state index in [0.29, 0.717) is 53.7 Å². The van der Waals surface area contributed by atoms with Gasteiger partial charge in [-0.1, -0.05) is 86.1 Å². The second-order valence-corrected chi connectivity index (χ2v) is 29.8. The Labute approximate surface area is 495 Å². The Morgan fingerprint density at radius 1 is 0.902 bits per heavy atom. The van der Waals surface area contributed by atoms with Crippen molar-refractivity contribution in [1.82, 2.24) is 16.0 Å². The van der Waals surface area contributed by atoms with Crippen LogP contribution in [0.4, 0.5) is 0 Å². The summed E-state index contributed by atoms with van der Waals surface area (Å²) < 4.78 is 32.8. The van der Waals surface area contributed by atoms with Crippen LogP contribution in [0.15, 0.2) is 35.0 Å². The third kappa shape index (κ3) is 11.9. The molecule has 6 fully saturated rings. The first-order valence-electron chi connectivity index (χ1n) is 32.0. The summed E-state index contributed by atoms with van der Waals surface area (Å²) >= 11 is 0. The summed E-state index contributed by atoms with van der Waals surface area (Å²) in [4.78, 5) is 13.1. The molecule has 10 N–H and O–H groups in total. The number of carbonyl (C=O) groups is 1. The summed E-state index contributed by atoms with van der Waals surface area (Å²) in [7, 11) is 7.52. The van der Waals surface area contributed by atoms with Crippen LogP contribution in [-0.2, 0) is 20.7 Å². The average Bonchev–Trinajstić information content (AvgIpc) is 0.914. The summed E-state index contributed by atoms with van der Waals surface area (Å²) in [6.07, 6.45) is 16.3. The lowest BCUT2D eigenvalue weighted by Gasteiger charge is -2.67. The molecule has 16 nitrogen and oxygen atoms in total. The number of aliphatic hydroxyl groups excluding tert-OH is 4. The summed E-state index contributed by atoms with van der Waals surface area (Å²) in [6, 6.07) is 3.64. The highest BCUT2D eigenvalue weighted by Gasteiger charge is 2.78. The summed E-state index contributed by atoms with van der Waals surface area (Å²) in [6.45, 7) is 8.42. The van der Waals surface area contributed by atoms with E-state index in [-0.39, 0.29) is 79.4 Å². The smallest absolute Gasteiger partial charge is 0.306 e. The highest BCUT2D eigenvalue weighted by molar-refractivity contribution is 8.77. The van der Waals surface area contributed by atoms with E-state index < -0.39 is 82.1 Å². The molecule has 4 saturated carbocycles. The predicted octanol–water partition coefficient (Wildman–Crippen LogP) is 7.98. The molecule has 3 aliphatic heterocycles. The molecule has 5 aliphatic carbocycles. The number of carbonyl (C=O) groups excluding carboxylic acids is 1. The van der Waals surface area contributed by atoms with Gasteiger partial charge in [-0.15, -0.1) is 0 Å². The van der Waals surface area contributed by atoms with Gasteiger partial charge in [0.25, 0.3) is 0 Å². The van der Waals surface area contributed by atoms with Gasteiger partial charge in [-0.25, -0.2) is 0 Å². The van der Waals surface area contributed by atoms with E-state index in [1.807, 2.05) is 30.0 Å². The molecule has 18 heteroatoms. The third-order valence-electron chi connectivity index (χ3n) is 22.1. The van der Waals surface area contributed by atoms with Crippen molar-refractivity contribution in [2.24, 2.45) is 52.8 Å². The molecule has 82 heavy (non-hydrogen) atoms. The molecule has 2 saturated heterocycles. The van der Waals surface area contributed by atoms with Crippen LogP contribution >= 0.6 is 21.6 Å². The van der Waals surface area contributed by atoms with Crippen molar-refractivity contribution in [2.75, 3.05) is 59.3 Å². The van der Waals surface area contributed by atoms with Crippen LogP contribution in [-0.4, -0.2) is 159 Å². The number of rotatable bonds is 16. The number of benzene rings is 1. The number of hydrogen-bond donors (Lipinski definition) is 10. The number of nitrogens with one attached hydrogen (secondary N) is 3. The number of ether oxygens (including phenoxy) is 4. The predicted molar refractivity (Wildman–Crippen MR) is 320 cm³/mol. The van der Waals surface area contributed by atoms with Gasteiger partial charge < -0.3 is 75.1 Å². The minimum Gasteiger partial charge on any atom is -0.485 e. The zero-order chi connectivity index (χ0) is 58.1. The maximum atomic E-state index is 13.9. The Hall–Kier alpha value is -2.17. The fourth-order valence-electron chi connectivity index (χ4n) is 18.2. The number of aryl methyl sites for hydroxylation is 1. The van der Waals surface area contributed by atoms with Gasteiger partial charge >= 0.3 is 5.97 Å². The summed E-state index contributed by atoms with van der Waals surface area (Å²) in [5.41, 5.74) is -6.67. The average molecular weight is 1180 g/mol. The SMILES string of the molecule is CCCCC[C@@H]1C[C@H](CNC)C[C@](O)(CC[C@@H]2[C@@]3(CC[C@H](CNC)C3)CC[C@]23SSC[C@@]24O[C@@H](Oc5c(CCC(=O)OCC)cc6ccoc6c5OCCN[C@H]3CC[C@H](C)CCC[C@H]2O)[C@@]2(O)[C@@H]3[C@H](CO)[C@@H](O)C=C[C@H]3C[C@]4(O)[C@@H]2O)C1. The summed E-state index contributed by atoms with van der Waals surface area (Å²) in [5.74, 6) is -1.05. The number of esters is 1. The fraction of sp³-hybridized carbons (Fsp3) is 0.828. The molecule has 10 rings (SSSR count). The van der Waals surface area contributed by atoms with Gasteiger partial charge in [0.15, 0.2) is 16.9 Å². The van der Waals surface area contributed by atoms with Crippen molar-refractivity contribution in [1.29, 1.82) is 0 Å². The molecule has 0 amide bonds. The van der Waals surface area contributed by atoms with Crippen LogP contribution in [0.1, 0.15) is 161 Å².